The van der Waals surface area contributed by atoms with Crippen LogP contribution in [0.3, 0.4) is 0 Å². The molecule has 0 bridgehead atoms. The second-order valence-electron chi connectivity index (χ2n) is 10.3. The molecular weight excluding hydrogens is 608 g/mol. The first-order valence-electron chi connectivity index (χ1n) is 14.6. The van der Waals surface area contributed by atoms with Crippen LogP contribution in [0.5, 0.6) is 0 Å². The summed E-state index contributed by atoms with van der Waals surface area (Å²) in [6.45, 7) is 5.64. The van der Waals surface area contributed by atoms with Crippen molar-refractivity contribution < 1.29 is 23.9 Å². The monoisotopic (exact) mass is 652 g/mol. The number of hydrogen-bond donors (Lipinski definition) is 1. The van der Waals surface area contributed by atoms with E-state index in [1.165, 1.54) is 39.0 Å². The molecule has 1 aliphatic rings. The van der Waals surface area contributed by atoms with Gasteiger partial charge in [-0.05, 0) is 53.0 Å². The summed E-state index contributed by atoms with van der Waals surface area (Å²) in [4.78, 5) is 37.5. The minimum absolute atomic E-state index is 0. The highest BCUT2D eigenvalue weighted by atomic mass is 79.9. The van der Waals surface area contributed by atoms with Crippen LogP contribution >= 0.6 is 15.9 Å². The molecule has 43 heavy (non-hydrogen) atoms. The van der Waals surface area contributed by atoms with Gasteiger partial charge in [0.1, 0.15) is 0 Å². The Morgan fingerprint density at radius 1 is 0.860 bits per heavy atom. The van der Waals surface area contributed by atoms with Gasteiger partial charge in [0.05, 0.1) is 24.5 Å². The van der Waals surface area contributed by atoms with Gasteiger partial charge < -0.3 is 15.2 Å². The summed E-state index contributed by atoms with van der Waals surface area (Å²) in [6, 6.07) is 22.7. The van der Waals surface area contributed by atoms with Gasteiger partial charge in [0.2, 0.25) is 0 Å². The summed E-state index contributed by atoms with van der Waals surface area (Å²) in [5.74, 6) is -0.659. The highest BCUT2D eigenvalue weighted by Gasteiger charge is 2.22. The fraction of sp³-hybridized carbons (Fsp3) is 0.400. The van der Waals surface area contributed by atoms with Crippen molar-refractivity contribution in [1.82, 2.24) is 4.90 Å². The molecule has 7 nitrogen and oxygen atoms in total. The van der Waals surface area contributed by atoms with Crippen molar-refractivity contribution in [2.75, 3.05) is 25.5 Å². The van der Waals surface area contributed by atoms with E-state index in [2.05, 4.69) is 27.8 Å². The summed E-state index contributed by atoms with van der Waals surface area (Å²) < 4.78 is 10.8. The molecule has 0 saturated heterocycles. The van der Waals surface area contributed by atoms with E-state index in [1.807, 2.05) is 66.7 Å². The number of ketones is 1. The molecule has 0 aliphatic heterocycles. The van der Waals surface area contributed by atoms with Crippen LogP contribution in [-0.4, -0.2) is 48.4 Å². The van der Waals surface area contributed by atoms with Crippen LogP contribution in [0.1, 0.15) is 91.6 Å². The Balaban J connectivity index is 0.000000359. The normalized spacial score (nSPS) is 12.8. The zero-order valence-corrected chi connectivity index (χ0v) is 26.1. The quantitative estimate of drug-likeness (QED) is 0.0974. The molecule has 0 aromatic heterocycles. The number of esters is 2. The molecule has 2 N–H and O–H groups in total. The number of nitrogens with two attached hydrogens (primary N) is 1. The Bertz CT molecular complexity index is 1250. The second kappa shape index (κ2) is 18.9. The number of carbonyl (C=O) groups excluding carboxylic acids is 3. The third kappa shape index (κ3) is 11.6. The Morgan fingerprint density at radius 3 is 1.95 bits per heavy atom. The van der Waals surface area contributed by atoms with Gasteiger partial charge in [-0.15, -0.1) is 0 Å². The number of ether oxygens (including phenoxy) is 2. The number of benzene rings is 3. The summed E-state index contributed by atoms with van der Waals surface area (Å²) in [7, 11) is 0. The number of anilines is 1. The van der Waals surface area contributed by atoms with Crippen LogP contribution in [0.4, 0.5) is 5.69 Å². The zero-order valence-electron chi connectivity index (χ0n) is 24.5. The first-order valence-corrected chi connectivity index (χ1v) is 15.4. The maximum atomic E-state index is 12.4. The average Bonchev–Trinajstić information content (AvgIpc) is 3.02. The second-order valence-corrected chi connectivity index (χ2v) is 11.1. The Kier molecular flexibility index (Phi) is 15.7. The number of halogens is 1. The molecule has 0 radical (unpaired) electrons. The van der Waals surface area contributed by atoms with Crippen LogP contribution in [-0.2, 0) is 20.8 Å². The molecule has 3 aromatic rings. The minimum Gasteiger partial charge on any atom is -0.466 e. The van der Waals surface area contributed by atoms with Gasteiger partial charge in [-0.1, -0.05) is 94.3 Å². The van der Waals surface area contributed by atoms with Gasteiger partial charge in [0.15, 0.2) is 5.78 Å². The lowest BCUT2D eigenvalue weighted by Gasteiger charge is -2.34. The lowest BCUT2D eigenvalue weighted by molar-refractivity contribution is -0.141. The predicted octanol–water partition coefficient (Wildman–Crippen LogP) is 7.85. The molecule has 0 spiro atoms. The van der Waals surface area contributed by atoms with Gasteiger partial charge in [-0.3, -0.25) is 14.5 Å². The van der Waals surface area contributed by atoms with Gasteiger partial charge in [0, 0.05) is 41.5 Å². The van der Waals surface area contributed by atoms with E-state index < -0.39 is 5.97 Å². The third-order valence-corrected chi connectivity index (χ3v) is 7.88. The van der Waals surface area contributed by atoms with Crippen LogP contribution in [0.25, 0.3) is 0 Å². The van der Waals surface area contributed by atoms with Gasteiger partial charge in [0.25, 0.3) is 0 Å². The SMILES string of the molecule is C.CCN(Cc1cc(C(=O)OCCCOC(C)=O)cc(Br)c1N)C1CCCCC1.O=C(c1ccccc1)c1ccccc1. The van der Waals surface area contributed by atoms with E-state index in [0.29, 0.717) is 28.2 Å². The summed E-state index contributed by atoms with van der Waals surface area (Å²) in [6.07, 6.45) is 6.79. The molecule has 232 valence electrons. The maximum Gasteiger partial charge on any atom is 0.338 e. The first kappa shape index (κ1) is 35.7. The van der Waals surface area contributed by atoms with E-state index in [9.17, 15) is 14.4 Å². The molecule has 4 rings (SSSR count). The first-order chi connectivity index (χ1) is 20.3. The number of rotatable bonds is 11. The van der Waals surface area contributed by atoms with Gasteiger partial charge in [-0.2, -0.15) is 0 Å². The number of nitrogens with zero attached hydrogens (tertiary/aromatic N) is 1. The lowest BCUT2D eigenvalue weighted by atomic mass is 9.93. The largest absolute Gasteiger partial charge is 0.466 e. The van der Waals surface area contributed by atoms with E-state index in [0.717, 1.165) is 29.8 Å². The van der Waals surface area contributed by atoms with Crippen LogP contribution < -0.4 is 5.73 Å². The van der Waals surface area contributed by atoms with Crippen molar-refractivity contribution in [1.29, 1.82) is 0 Å². The lowest BCUT2D eigenvalue weighted by Crippen LogP contribution is -2.36. The molecule has 1 aliphatic carbocycles. The van der Waals surface area contributed by atoms with Crippen LogP contribution in [0, 0.1) is 0 Å². The highest BCUT2D eigenvalue weighted by Crippen LogP contribution is 2.30. The van der Waals surface area contributed by atoms with Crippen molar-refractivity contribution >= 4 is 39.3 Å². The fourth-order valence-corrected chi connectivity index (χ4v) is 5.46. The Morgan fingerprint density at radius 2 is 1.42 bits per heavy atom. The minimum atomic E-state index is -0.398. The number of hydrogen-bond acceptors (Lipinski definition) is 7. The highest BCUT2D eigenvalue weighted by molar-refractivity contribution is 9.10. The van der Waals surface area contributed by atoms with Gasteiger partial charge >= 0.3 is 11.9 Å². The van der Waals surface area contributed by atoms with E-state index >= 15 is 0 Å². The van der Waals surface area contributed by atoms with Crippen molar-refractivity contribution in [3.05, 3.63) is 99.5 Å². The smallest absolute Gasteiger partial charge is 0.338 e. The molecule has 0 unspecified atom stereocenters. The van der Waals surface area contributed by atoms with Crippen molar-refractivity contribution in [2.24, 2.45) is 0 Å². The molecule has 3 aromatic carbocycles. The van der Waals surface area contributed by atoms with E-state index in [1.54, 1.807) is 6.07 Å². The van der Waals surface area contributed by atoms with E-state index in [4.69, 9.17) is 15.2 Å². The van der Waals surface area contributed by atoms with Crippen molar-refractivity contribution in [3.8, 4) is 0 Å². The van der Waals surface area contributed by atoms with Crippen molar-refractivity contribution in [2.45, 2.75) is 72.4 Å². The summed E-state index contributed by atoms with van der Waals surface area (Å²) >= 11 is 3.47. The Hall–Kier alpha value is -3.49. The molecular formula is C35H45BrN2O5. The molecule has 0 atom stereocenters. The molecule has 0 heterocycles. The maximum absolute atomic E-state index is 12.4. The van der Waals surface area contributed by atoms with E-state index in [-0.39, 0.29) is 32.4 Å². The Labute approximate surface area is 264 Å². The van der Waals surface area contributed by atoms with Crippen molar-refractivity contribution in [3.63, 3.8) is 0 Å². The fourth-order valence-electron chi connectivity index (χ4n) is 4.96. The average molecular weight is 654 g/mol. The number of carbonyl (C=O) groups is 3. The molecule has 0 amide bonds. The third-order valence-electron chi connectivity index (χ3n) is 7.22. The molecule has 8 heteroatoms. The standard InChI is InChI=1S/C21H31BrN2O4.C13H10O.CH4/c1-3-24(18-8-5-4-6-9-18)14-17-12-16(13-19(22)20(17)23)21(26)28-11-7-10-27-15(2)25;14-13(11-7-3-1-4-8-11)12-9-5-2-6-10-12;/h12-13,18H,3-11,14,23H2,1-2H3;1-10H;1H4. The van der Waals surface area contributed by atoms with Crippen LogP contribution in [0.15, 0.2) is 77.3 Å². The zero-order chi connectivity index (χ0) is 30.3. The predicted molar refractivity (Wildman–Crippen MR) is 176 cm³/mol. The van der Waals surface area contributed by atoms with Gasteiger partial charge in [-0.25, -0.2) is 4.79 Å². The number of nitrogen functional groups attached to an aromatic ring is 1. The van der Waals surface area contributed by atoms with Crippen LogP contribution in [0.2, 0.25) is 0 Å². The molecule has 1 saturated carbocycles. The topological polar surface area (TPSA) is 98.9 Å². The summed E-state index contributed by atoms with van der Waals surface area (Å²) in [5, 5.41) is 0. The summed E-state index contributed by atoms with van der Waals surface area (Å²) in [5.41, 5.74) is 9.83. The molecule has 1 fully saturated rings.